The summed E-state index contributed by atoms with van der Waals surface area (Å²) in [5.74, 6) is 0.0486. The second-order valence-electron chi connectivity index (χ2n) is 17.8. The van der Waals surface area contributed by atoms with Gasteiger partial charge in [-0.1, -0.05) is 88.7 Å². The molecule has 5 aliphatic rings. The number of hydrogen-bond acceptors (Lipinski definition) is 7. The normalized spacial score (nSPS) is 40.6. The Hall–Kier alpha value is -2.96. The van der Waals surface area contributed by atoms with E-state index in [0.29, 0.717) is 18.9 Å². The molecule has 1 aromatic rings. The Labute approximate surface area is 287 Å². The summed E-state index contributed by atoms with van der Waals surface area (Å²) in [5, 5.41) is 4.37. The lowest BCUT2D eigenvalue weighted by atomic mass is 9.33. The van der Waals surface area contributed by atoms with Crippen LogP contribution in [0.25, 0.3) is 0 Å². The minimum absolute atomic E-state index is 0.00846. The molecule has 0 amide bonds. The number of nitrogens with zero attached hydrogens (tertiary/aromatic N) is 1. The maximum atomic E-state index is 14.3. The van der Waals surface area contributed by atoms with Gasteiger partial charge < -0.3 is 14.3 Å². The van der Waals surface area contributed by atoms with E-state index in [4.69, 9.17) is 14.3 Å². The van der Waals surface area contributed by atoms with Gasteiger partial charge in [0.2, 0.25) is 0 Å². The lowest BCUT2D eigenvalue weighted by Gasteiger charge is -2.70. The van der Waals surface area contributed by atoms with Crippen molar-refractivity contribution < 1.29 is 28.7 Å². The molecular formula is C41H57NO6. The molecule has 0 radical (unpaired) electrons. The van der Waals surface area contributed by atoms with E-state index in [-0.39, 0.29) is 52.0 Å². The molecule has 4 fully saturated rings. The van der Waals surface area contributed by atoms with Crippen LogP contribution in [-0.2, 0) is 35.3 Å². The minimum Gasteiger partial charge on any atom is -0.465 e. The molecule has 0 saturated heterocycles. The highest BCUT2D eigenvalue weighted by Crippen LogP contribution is 2.75. The van der Waals surface area contributed by atoms with Crippen LogP contribution in [-0.4, -0.2) is 30.2 Å². The van der Waals surface area contributed by atoms with Gasteiger partial charge in [0, 0.05) is 19.3 Å². The minimum atomic E-state index is -0.530. The first-order valence-corrected chi connectivity index (χ1v) is 18.3. The third kappa shape index (κ3) is 5.46. The molecule has 48 heavy (non-hydrogen) atoms. The fraction of sp³-hybridized carbons (Fsp3) is 0.707. The van der Waals surface area contributed by atoms with E-state index in [0.717, 1.165) is 69.1 Å². The molecule has 0 N–H and O–H groups in total. The summed E-state index contributed by atoms with van der Waals surface area (Å²) < 4.78 is 11.9. The maximum Gasteiger partial charge on any atom is 0.331 e. The number of hydrogen-bond donors (Lipinski definition) is 0. The quantitative estimate of drug-likeness (QED) is 0.131. The van der Waals surface area contributed by atoms with Gasteiger partial charge in [-0.25, -0.2) is 4.79 Å². The standard InChI is InChI=1S/C41H57NO6/c1-27(43)47-26-38(6)32-16-19-40(8)33(37(32,5)18-17-34(38)42-48-28(2)44)15-14-30-31-24-36(3,4)20-22-41(31,23-21-39(30,40)7)35(45)46-25-29-12-10-9-11-13-29/h9-14,31-33H,15-26H2,1-8H3/b42-34+/t31-,32+,33+,37-,38-,39+,40+,41-/m0/s1. The molecular weight excluding hydrogens is 602 g/mol. The molecule has 0 aromatic heterocycles. The van der Waals surface area contributed by atoms with E-state index in [1.807, 2.05) is 30.3 Å². The molecule has 262 valence electrons. The summed E-state index contributed by atoms with van der Waals surface area (Å²) in [4.78, 5) is 43.4. The summed E-state index contributed by atoms with van der Waals surface area (Å²) in [6, 6.07) is 10.0. The topological polar surface area (TPSA) is 91.3 Å². The zero-order valence-electron chi connectivity index (χ0n) is 30.6. The smallest absolute Gasteiger partial charge is 0.331 e. The summed E-state index contributed by atoms with van der Waals surface area (Å²) in [7, 11) is 0. The molecule has 1 aromatic carbocycles. The van der Waals surface area contributed by atoms with Crippen molar-refractivity contribution in [2.45, 2.75) is 126 Å². The average molecular weight is 660 g/mol. The predicted molar refractivity (Wildman–Crippen MR) is 185 cm³/mol. The summed E-state index contributed by atoms with van der Waals surface area (Å²) >= 11 is 0. The Morgan fingerprint density at radius 1 is 0.833 bits per heavy atom. The van der Waals surface area contributed by atoms with Gasteiger partial charge in [-0.3, -0.25) is 9.59 Å². The van der Waals surface area contributed by atoms with E-state index in [2.05, 4.69) is 52.8 Å². The van der Waals surface area contributed by atoms with Crippen molar-refractivity contribution in [1.29, 1.82) is 0 Å². The first kappa shape index (κ1) is 34.9. The Bertz CT molecular complexity index is 1510. The highest BCUT2D eigenvalue weighted by molar-refractivity contribution is 5.92. The maximum absolute atomic E-state index is 14.3. The van der Waals surface area contributed by atoms with Gasteiger partial charge in [-0.2, -0.15) is 0 Å². The van der Waals surface area contributed by atoms with Crippen molar-refractivity contribution in [2.24, 2.45) is 55.4 Å². The number of benzene rings is 1. The van der Waals surface area contributed by atoms with Gasteiger partial charge in [0.05, 0.1) is 11.1 Å². The highest BCUT2D eigenvalue weighted by atomic mass is 16.7. The number of ether oxygens (including phenoxy) is 2. The molecule has 5 aliphatic carbocycles. The predicted octanol–water partition coefficient (Wildman–Crippen LogP) is 8.99. The number of allylic oxidation sites excluding steroid dienone is 2. The van der Waals surface area contributed by atoms with Gasteiger partial charge in [0.25, 0.3) is 0 Å². The van der Waals surface area contributed by atoms with Crippen LogP contribution < -0.4 is 0 Å². The molecule has 8 atom stereocenters. The second-order valence-corrected chi connectivity index (χ2v) is 17.8. The molecule has 0 spiro atoms. The van der Waals surface area contributed by atoms with Crippen molar-refractivity contribution in [1.82, 2.24) is 0 Å². The van der Waals surface area contributed by atoms with Crippen LogP contribution in [0.3, 0.4) is 0 Å². The van der Waals surface area contributed by atoms with Gasteiger partial charge >= 0.3 is 17.9 Å². The van der Waals surface area contributed by atoms with Crippen molar-refractivity contribution in [3.05, 3.63) is 47.5 Å². The largest absolute Gasteiger partial charge is 0.465 e. The number of carbonyl (C=O) groups excluding carboxylic acids is 3. The lowest BCUT2D eigenvalue weighted by Crippen LogP contribution is -2.65. The van der Waals surface area contributed by atoms with Gasteiger partial charge in [-0.05, 0) is 109 Å². The molecule has 6 rings (SSSR count). The van der Waals surface area contributed by atoms with Crippen LogP contribution in [0.15, 0.2) is 47.1 Å². The molecule has 0 bridgehead atoms. The SMILES string of the molecule is CC(=O)OC[C@]1(C)/C(=N/OC(C)=O)CC[C@@]2(C)[C@H]1CC[C@]1(C)[C@@H]2CC=C2[C@@H]3CC(C)(C)CC[C@]3(C(=O)OCc3ccccc3)CC[C@]21C. The van der Waals surface area contributed by atoms with E-state index in [9.17, 15) is 14.4 Å². The summed E-state index contributed by atoms with van der Waals surface area (Å²) in [6.45, 7) is 17.8. The van der Waals surface area contributed by atoms with E-state index >= 15 is 0 Å². The second kappa shape index (κ2) is 12.1. The Morgan fingerprint density at radius 2 is 1.54 bits per heavy atom. The van der Waals surface area contributed by atoms with Crippen molar-refractivity contribution in [3.8, 4) is 0 Å². The van der Waals surface area contributed by atoms with Crippen LogP contribution in [0, 0.1) is 50.2 Å². The first-order chi connectivity index (χ1) is 22.5. The van der Waals surface area contributed by atoms with Crippen LogP contribution >= 0.6 is 0 Å². The van der Waals surface area contributed by atoms with Crippen LogP contribution in [0.4, 0.5) is 0 Å². The van der Waals surface area contributed by atoms with E-state index in [1.54, 1.807) is 0 Å². The number of fused-ring (bicyclic) bond motifs is 7. The fourth-order valence-electron chi connectivity index (χ4n) is 11.8. The highest BCUT2D eigenvalue weighted by Gasteiger charge is 2.70. The van der Waals surface area contributed by atoms with E-state index < -0.39 is 16.8 Å². The number of carbonyl (C=O) groups is 3. The Balaban J connectivity index is 1.35. The third-order valence-corrected chi connectivity index (χ3v) is 14.7. The molecule has 7 heteroatoms. The number of esters is 2. The zero-order valence-corrected chi connectivity index (χ0v) is 30.6. The van der Waals surface area contributed by atoms with Crippen LogP contribution in [0.2, 0.25) is 0 Å². The summed E-state index contributed by atoms with van der Waals surface area (Å²) in [6.07, 6.45) is 12.0. The zero-order chi connectivity index (χ0) is 34.8. The first-order valence-electron chi connectivity index (χ1n) is 18.3. The molecule has 0 aliphatic heterocycles. The van der Waals surface area contributed by atoms with Gasteiger partial charge in [0.15, 0.2) is 0 Å². The van der Waals surface area contributed by atoms with Crippen molar-refractivity contribution in [2.75, 3.05) is 6.61 Å². The fourth-order valence-corrected chi connectivity index (χ4v) is 11.8. The van der Waals surface area contributed by atoms with Gasteiger partial charge in [-0.15, -0.1) is 0 Å². The third-order valence-electron chi connectivity index (χ3n) is 14.7. The number of oxime groups is 1. The molecule has 0 unspecified atom stereocenters. The lowest BCUT2D eigenvalue weighted by molar-refractivity contribution is -0.187. The van der Waals surface area contributed by atoms with Crippen LogP contribution in [0.5, 0.6) is 0 Å². The van der Waals surface area contributed by atoms with Crippen molar-refractivity contribution in [3.63, 3.8) is 0 Å². The Morgan fingerprint density at radius 3 is 2.23 bits per heavy atom. The van der Waals surface area contributed by atoms with Gasteiger partial charge in [0.1, 0.15) is 13.2 Å². The molecule has 7 nitrogen and oxygen atoms in total. The number of rotatable bonds is 6. The van der Waals surface area contributed by atoms with Crippen molar-refractivity contribution >= 4 is 23.6 Å². The van der Waals surface area contributed by atoms with Crippen LogP contribution in [0.1, 0.15) is 125 Å². The Kier molecular flexibility index (Phi) is 8.81. The monoisotopic (exact) mass is 659 g/mol. The average Bonchev–Trinajstić information content (AvgIpc) is 3.03. The van der Waals surface area contributed by atoms with E-state index in [1.165, 1.54) is 19.4 Å². The molecule has 0 heterocycles. The summed E-state index contributed by atoms with van der Waals surface area (Å²) in [5.41, 5.74) is 2.49. The molecule has 4 saturated carbocycles.